The van der Waals surface area contributed by atoms with E-state index in [0.29, 0.717) is 10.0 Å². The number of aromatic nitrogens is 1. The topological polar surface area (TPSA) is 31.2 Å². The molecule has 0 amide bonds. The Morgan fingerprint density at radius 3 is 2.54 bits per heavy atom. The standard InChI is InChI=1S/C18H15Cl2NO2S/c1-11-18(24-13-8-6-12(19)7-9-13)14-4-3-5-15(20)17(14)21(11)10-16(22)23-2/h3-9H,10H2,1-2H3. The number of nitrogens with zero attached hydrogens (tertiary/aromatic N) is 1. The molecule has 0 spiro atoms. The van der Waals surface area contributed by atoms with E-state index in [1.807, 2.05) is 54.0 Å². The number of benzene rings is 2. The van der Waals surface area contributed by atoms with E-state index in [2.05, 4.69) is 0 Å². The summed E-state index contributed by atoms with van der Waals surface area (Å²) in [6, 6.07) is 13.4. The van der Waals surface area contributed by atoms with Crippen LogP contribution in [0.5, 0.6) is 0 Å². The van der Waals surface area contributed by atoms with Gasteiger partial charge < -0.3 is 9.30 Å². The Kier molecular flexibility index (Phi) is 5.09. The normalized spacial score (nSPS) is 11.0. The zero-order chi connectivity index (χ0) is 17.3. The van der Waals surface area contributed by atoms with Gasteiger partial charge in [-0.1, -0.05) is 47.1 Å². The molecule has 24 heavy (non-hydrogen) atoms. The van der Waals surface area contributed by atoms with E-state index in [-0.39, 0.29) is 12.5 Å². The van der Waals surface area contributed by atoms with Crippen LogP contribution in [0.25, 0.3) is 10.9 Å². The Labute approximate surface area is 154 Å². The zero-order valence-corrected chi connectivity index (χ0v) is 15.5. The van der Waals surface area contributed by atoms with E-state index < -0.39 is 0 Å². The van der Waals surface area contributed by atoms with Crippen LogP contribution < -0.4 is 0 Å². The van der Waals surface area contributed by atoms with E-state index >= 15 is 0 Å². The van der Waals surface area contributed by atoms with Crippen molar-refractivity contribution in [1.82, 2.24) is 4.57 Å². The summed E-state index contributed by atoms with van der Waals surface area (Å²) >= 11 is 14.0. The van der Waals surface area contributed by atoms with Crippen LogP contribution in [-0.4, -0.2) is 17.6 Å². The summed E-state index contributed by atoms with van der Waals surface area (Å²) < 4.78 is 6.72. The Morgan fingerprint density at radius 2 is 1.88 bits per heavy atom. The van der Waals surface area contributed by atoms with Crippen LogP contribution in [-0.2, 0) is 16.1 Å². The van der Waals surface area contributed by atoms with Crippen molar-refractivity contribution in [1.29, 1.82) is 0 Å². The van der Waals surface area contributed by atoms with Crippen molar-refractivity contribution in [2.75, 3.05) is 7.11 Å². The van der Waals surface area contributed by atoms with Gasteiger partial charge in [-0.25, -0.2) is 0 Å². The molecule has 3 nitrogen and oxygen atoms in total. The summed E-state index contributed by atoms with van der Waals surface area (Å²) in [5, 5.41) is 2.33. The van der Waals surface area contributed by atoms with Crippen molar-refractivity contribution in [2.24, 2.45) is 0 Å². The van der Waals surface area contributed by atoms with Gasteiger partial charge in [0.25, 0.3) is 0 Å². The van der Waals surface area contributed by atoms with Crippen LogP contribution in [0, 0.1) is 6.92 Å². The molecule has 0 saturated carbocycles. The highest BCUT2D eigenvalue weighted by Crippen LogP contribution is 2.40. The summed E-state index contributed by atoms with van der Waals surface area (Å²) in [7, 11) is 1.38. The van der Waals surface area contributed by atoms with Crippen LogP contribution >= 0.6 is 35.0 Å². The number of carbonyl (C=O) groups excluding carboxylic acids is 1. The minimum absolute atomic E-state index is 0.129. The quantitative estimate of drug-likeness (QED) is 0.554. The summed E-state index contributed by atoms with van der Waals surface area (Å²) in [6.45, 7) is 2.11. The average molecular weight is 380 g/mol. The average Bonchev–Trinajstić information content (AvgIpc) is 2.83. The summed E-state index contributed by atoms with van der Waals surface area (Å²) in [4.78, 5) is 13.9. The Hall–Kier alpha value is -1.62. The minimum Gasteiger partial charge on any atom is -0.468 e. The SMILES string of the molecule is COC(=O)Cn1c(C)c(Sc2ccc(Cl)cc2)c2cccc(Cl)c21. The molecule has 0 bridgehead atoms. The lowest BCUT2D eigenvalue weighted by molar-refractivity contribution is -0.141. The number of esters is 1. The van der Waals surface area contributed by atoms with Crippen molar-refractivity contribution in [3.8, 4) is 0 Å². The number of halogens is 2. The molecule has 0 N–H and O–H groups in total. The second-order valence-electron chi connectivity index (χ2n) is 5.27. The van der Waals surface area contributed by atoms with Crippen molar-refractivity contribution in [3.63, 3.8) is 0 Å². The highest BCUT2D eigenvalue weighted by atomic mass is 35.5. The van der Waals surface area contributed by atoms with Crippen molar-refractivity contribution < 1.29 is 9.53 Å². The molecule has 0 aliphatic rings. The molecule has 3 rings (SSSR count). The monoisotopic (exact) mass is 379 g/mol. The second kappa shape index (κ2) is 7.09. The van der Waals surface area contributed by atoms with Gasteiger partial charge in [-0.15, -0.1) is 0 Å². The van der Waals surface area contributed by atoms with Crippen LogP contribution in [0.1, 0.15) is 5.69 Å². The van der Waals surface area contributed by atoms with Gasteiger partial charge in [-0.2, -0.15) is 0 Å². The Morgan fingerprint density at radius 1 is 1.17 bits per heavy atom. The number of ether oxygens (including phenoxy) is 1. The molecule has 0 aliphatic carbocycles. The largest absolute Gasteiger partial charge is 0.468 e. The highest BCUT2D eigenvalue weighted by molar-refractivity contribution is 7.99. The molecule has 6 heteroatoms. The van der Waals surface area contributed by atoms with E-state index in [0.717, 1.165) is 26.4 Å². The van der Waals surface area contributed by atoms with Gasteiger partial charge in [-0.05, 0) is 37.3 Å². The van der Waals surface area contributed by atoms with E-state index in [1.165, 1.54) is 7.11 Å². The number of rotatable bonds is 4. The first kappa shape index (κ1) is 17.2. The number of methoxy groups -OCH3 is 1. The maximum atomic E-state index is 11.8. The molecule has 1 heterocycles. The fourth-order valence-corrected chi connectivity index (χ4v) is 4.04. The maximum Gasteiger partial charge on any atom is 0.325 e. The molecule has 0 unspecified atom stereocenters. The molecule has 0 saturated heterocycles. The number of para-hydroxylation sites is 1. The van der Waals surface area contributed by atoms with Crippen LogP contribution in [0.3, 0.4) is 0 Å². The maximum absolute atomic E-state index is 11.8. The molecule has 0 fully saturated rings. The van der Waals surface area contributed by atoms with Crippen LogP contribution in [0.15, 0.2) is 52.3 Å². The van der Waals surface area contributed by atoms with Gasteiger partial charge in [0.15, 0.2) is 0 Å². The van der Waals surface area contributed by atoms with Gasteiger partial charge in [0.05, 0.1) is 17.6 Å². The number of fused-ring (bicyclic) bond motifs is 1. The molecule has 1 aromatic heterocycles. The summed E-state index contributed by atoms with van der Waals surface area (Å²) in [6.07, 6.45) is 0. The number of hydrogen-bond acceptors (Lipinski definition) is 3. The Balaban J connectivity index is 2.13. The second-order valence-corrected chi connectivity index (χ2v) is 7.20. The van der Waals surface area contributed by atoms with E-state index in [4.69, 9.17) is 27.9 Å². The fraction of sp³-hybridized carbons (Fsp3) is 0.167. The lowest BCUT2D eigenvalue weighted by Gasteiger charge is -2.08. The molecule has 124 valence electrons. The highest BCUT2D eigenvalue weighted by Gasteiger charge is 2.19. The molecular weight excluding hydrogens is 365 g/mol. The third-order valence-electron chi connectivity index (χ3n) is 3.78. The van der Waals surface area contributed by atoms with Gasteiger partial charge >= 0.3 is 5.97 Å². The third-order valence-corrected chi connectivity index (χ3v) is 5.57. The van der Waals surface area contributed by atoms with Gasteiger partial charge in [0.1, 0.15) is 6.54 Å². The minimum atomic E-state index is -0.307. The van der Waals surface area contributed by atoms with Gasteiger partial charge in [0, 0.05) is 25.9 Å². The number of hydrogen-bond donors (Lipinski definition) is 0. The van der Waals surface area contributed by atoms with Crippen LogP contribution in [0.2, 0.25) is 10.0 Å². The predicted octanol–water partition coefficient (Wildman–Crippen LogP) is 5.58. The molecule has 2 aromatic carbocycles. The lowest BCUT2D eigenvalue weighted by Crippen LogP contribution is -2.12. The fourth-order valence-electron chi connectivity index (χ4n) is 2.60. The molecule has 3 aromatic rings. The van der Waals surface area contributed by atoms with Gasteiger partial charge in [0.2, 0.25) is 0 Å². The molecular formula is C18H15Cl2NO2S. The van der Waals surface area contributed by atoms with Crippen molar-refractivity contribution in [2.45, 2.75) is 23.3 Å². The van der Waals surface area contributed by atoms with Crippen molar-refractivity contribution >= 4 is 51.8 Å². The van der Waals surface area contributed by atoms with Crippen molar-refractivity contribution in [3.05, 3.63) is 58.2 Å². The molecule has 0 atom stereocenters. The third kappa shape index (κ3) is 3.27. The Bertz CT molecular complexity index is 904. The first-order chi connectivity index (χ1) is 11.5. The number of carbonyl (C=O) groups is 1. The summed E-state index contributed by atoms with van der Waals surface area (Å²) in [5.74, 6) is -0.307. The first-order valence-electron chi connectivity index (χ1n) is 7.29. The lowest BCUT2D eigenvalue weighted by atomic mass is 10.2. The van der Waals surface area contributed by atoms with Crippen LogP contribution in [0.4, 0.5) is 0 Å². The molecule has 0 aliphatic heterocycles. The zero-order valence-electron chi connectivity index (χ0n) is 13.2. The first-order valence-corrected chi connectivity index (χ1v) is 8.86. The predicted molar refractivity (Wildman–Crippen MR) is 99.3 cm³/mol. The molecule has 0 radical (unpaired) electrons. The van der Waals surface area contributed by atoms with E-state index in [1.54, 1.807) is 11.8 Å². The van der Waals surface area contributed by atoms with Gasteiger partial charge in [-0.3, -0.25) is 4.79 Å². The summed E-state index contributed by atoms with van der Waals surface area (Å²) in [5.41, 5.74) is 1.82. The smallest absolute Gasteiger partial charge is 0.325 e. The van der Waals surface area contributed by atoms with E-state index in [9.17, 15) is 4.79 Å².